The highest BCUT2D eigenvalue weighted by atomic mass is 35.5. The molecule has 2 rings (SSSR count). The highest BCUT2D eigenvalue weighted by molar-refractivity contribution is 6.32. The van der Waals surface area contributed by atoms with Crippen LogP contribution in [0.2, 0.25) is 5.15 Å². The van der Waals surface area contributed by atoms with Crippen molar-refractivity contribution in [1.29, 1.82) is 0 Å². The molecule has 1 aromatic heterocycles. The third-order valence-electron chi connectivity index (χ3n) is 2.66. The number of aryl methyl sites for hydroxylation is 1. The van der Waals surface area contributed by atoms with Crippen molar-refractivity contribution in [3.05, 3.63) is 10.8 Å². The molecule has 0 unspecified atom stereocenters. The molecule has 0 radical (unpaired) electrons. The molecular weight excluding hydrogens is 257 g/mol. The second-order valence-electron chi connectivity index (χ2n) is 3.85. The van der Waals surface area contributed by atoms with Crippen molar-refractivity contribution in [3.63, 3.8) is 0 Å². The molecule has 0 aliphatic carbocycles. The van der Waals surface area contributed by atoms with Gasteiger partial charge in [0.25, 0.3) is 0 Å². The summed E-state index contributed by atoms with van der Waals surface area (Å²) in [6.07, 6.45) is -4.48. The molecular formula is C9H12ClF3N4. The lowest BCUT2D eigenvalue weighted by molar-refractivity contribution is -0.141. The largest absolute Gasteiger partial charge is 0.437 e. The van der Waals surface area contributed by atoms with Crippen LogP contribution in [0.15, 0.2) is 0 Å². The maximum absolute atomic E-state index is 12.8. The van der Waals surface area contributed by atoms with Gasteiger partial charge in [-0.1, -0.05) is 11.6 Å². The first kappa shape index (κ1) is 12.5. The molecule has 1 N–H and O–H groups in total. The van der Waals surface area contributed by atoms with E-state index in [-0.39, 0.29) is 10.8 Å². The molecule has 2 heterocycles. The van der Waals surface area contributed by atoms with Gasteiger partial charge >= 0.3 is 6.18 Å². The number of piperazine rings is 1. The van der Waals surface area contributed by atoms with E-state index in [4.69, 9.17) is 11.6 Å². The minimum absolute atomic E-state index is 0.0110. The van der Waals surface area contributed by atoms with Gasteiger partial charge in [0.05, 0.1) is 0 Å². The Hall–Kier alpha value is -0.950. The van der Waals surface area contributed by atoms with Crippen LogP contribution in [-0.2, 0) is 13.2 Å². The molecule has 0 aromatic carbocycles. The Labute approximate surface area is 101 Å². The van der Waals surface area contributed by atoms with Crippen molar-refractivity contribution < 1.29 is 13.2 Å². The highest BCUT2D eigenvalue weighted by Gasteiger charge is 2.40. The Morgan fingerprint density at radius 3 is 2.41 bits per heavy atom. The number of nitrogens with one attached hydrogen (secondary N) is 1. The van der Waals surface area contributed by atoms with E-state index in [1.165, 1.54) is 7.05 Å². The van der Waals surface area contributed by atoms with E-state index in [1.807, 2.05) is 0 Å². The van der Waals surface area contributed by atoms with Gasteiger partial charge in [0.15, 0.2) is 10.8 Å². The van der Waals surface area contributed by atoms with Crippen molar-refractivity contribution >= 4 is 17.3 Å². The fraction of sp³-hybridized carbons (Fsp3) is 0.667. The summed E-state index contributed by atoms with van der Waals surface area (Å²) in [4.78, 5) is 1.62. The van der Waals surface area contributed by atoms with Crippen molar-refractivity contribution in [2.75, 3.05) is 31.1 Å². The molecule has 17 heavy (non-hydrogen) atoms. The van der Waals surface area contributed by atoms with Gasteiger partial charge in [0.1, 0.15) is 5.69 Å². The summed E-state index contributed by atoms with van der Waals surface area (Å²) in [6, 6.07) is 0. The lowest BCUT2D eigenvalue weighted by Gasteiger charge is -2.29. The summed E-state index contributed by atoms with van der Waals surface area (Å²) >= 11 is 5.89. The van der Waals surface area contributed by atoms with Crippen molar-refractivity contribution in [3.8, 4) is 0 Å². The molecule has 96 valence electrons. The molecule has 0 saturated carbocycles. The zero-order valence-electron chi connectivity index (χ0n) is 9.18. The Morgan fingerprint density at radius 2 is 1.88 bits per heavy atom. The van der Waals surface area contributed by atoms with Gasteiger partial charge in [0.2, 0.25) is 0 Å². The summed E-state index contributed by atoms with van der Waals surface area (Å²) < 4.78 is 39.5. The van der Waals surface area contributed by atoms with Gasteiger partial charge < -0.3 is 10.2 Å². The molecule has 8 heteroatoms. The monoisotopic (exact) mass is 268 g/mol. The number of rotatable bonds is 1. The molecule has 0 amide bonds. The van der Waals surface area contributed by atoms with Gasteiger partial charge in [-0.2, -0.15) is 18.3 Å². The van der Waals surface area contributed by atoms with Gasteiger partial charge in [-0.05, 0) is 0 Å². The first-order valence-electron chi connectivity index (χ1n) is 5.16. The van der Waals surface area contributed by atoms with Crippen LogP contribution in [-0.4, -0.2) is 36.0 Å². The fourth-order valence-corrected chi connectivity index (χ4v) is 2.10. The van der Waals surface area contributed by atoms with E-state index in [1.54, 1.807) is 4.90 Å². The average molecular weight is 269 g/mol. The predicted octanol–water partition coefficient (Wildman–Crippen LogP) is 1.50. The van der Waals surface area contributed by atoms with Crippen LogP contribution in [0.5, 0.6) is 0 Å². The molecule has 4 nitrogen and oxygen atoms in total. The molecule has 1 saturated heterocycles. The third-order valence-corrected chi connectivity index (χ3v) is 3.08. The SMILES string of the molecule is Cn1nc(C(F)(F)F)c(N2CCNCC2)c1Cl. The van der Waals surface area contributed by atoms with E-state index in [2.05, 4.69) is 10.4 Å². The van der Waals surface area contributed by atoms with Crippen LogP contribution >= 0.6 is 11.6 Å². The van der Waals surface area contributed by atoms with E-state index >= 15 is 0 Å². The van der Waals surface area contributed by atoms with E-state index in [0.717, 1.165) is 4.68 Å². The molecule has 0 spiro atoms. The topological polar surface area (TPSA) is 33.1 Å². The predicted molar refractivity (Wildman–Crippen MR) is 58.3 cm³/mol. The molecule has 1 aliphatic heterocycles. The first-order chi connectivity index (χ1) is 7.91. The summed E-state index contributed by atoms with van der Waals surface area (Å²) in [7, 11) is 1.41. The molecule has 0 atom stereocenters. The number of hydrogen-bond donors (Lipinski definition) is 1. The smallest absolute Gasteiger partial charge is 0.365 e. The number of hydrogen-bond acceptors (Lipinski definition) is 3. The third kappa shape index (κ3) is 2.35. The molecule has 1 fully saturated rings. The average Bonchev–Trinajstić information content (AvgIpc) is 2.57. The second-order valence-corrected chi connectivity index (χ2v) is 4.20. The summed E-state index contributed by atoms with van der Waals surface area (Å²) in [5.41, 5.74) is -0.921. The molecule has 0 bridgehead atoms. The lowest BCUT2D eigenvalue weighted by Crippen LogP contribution is -2.44. The number of halogens is 4. The lowest BCUT2D eigenvalue weighted by atomic mass is 10.2. The zero-order valence-corrected chi connectivity index (χ0v) is 9.94. The van der Waals surface area contributed by atoms with Crippen molar-refractivity contribution in [1.82, 2.24) is 15.1 Å². The summed E-state index contributed by atoms with van der Waals surface area (Å²) in [5.74, 6) is 0. The first-order valence-corrected chi connectivity index (χ1v) is 5.54. The van der Waals surface area contributed by atoms with E-state index in [9.17, 15) is 13.2 Å². The van der Waals surface area contributed by atoms with Crippen molar-refractivity contribution in [2.45, 2.75) is 6.18 Å². The van der Waals surface area contributed by atoms with Gasteiger partial charge in [-0.3, -0.25) is 4.68 Å². The van der Waals surface area contributed by atoms with Crippen LogP contribution < -0.4 is 10.2 Å². The highest BCUT2D eigenvalue weighted by Crippen LogP contribution is 2.39. The normalized spacial score (nSPS) is 17.6. The summed E-state index contributed by atoms with van der Waals surface area (Å²) in [6.45, 7) is 2.27. The fourth-order valence-electron chi connectivity index (χ4n) is 1.85. The quantitative estimate of drug-likeness (QED) is 0.838. The Morgan fingerprint density at radius 1 is 1.29 bits per heavy atom. The zero-order chi connectivity index (χ0) is 12.6. The standard InChI is InChI=1S/C9H12ClF3N4/c1-16-8(10)6(7(15-16)9(11,12)13)17-4-2-14-3-5-17/h14H,2-5H2,1H3. The number of nitrogens with zero attached hydrogens (tertiary/aromatic N) is 3. The number of aromatic nitrogens is 2. The van der Waals surface area contributed by atoms with Crippen LogP contribution in [0, 0.1) is 0 Å². The van der Waals surface area contributed by atoms with Crippen LogP contribution in [0.4, 0.5) is 18.9 Å². The molecule has 1 aliphatic rings. The Kier molecular flexibility index (Phi) is 3.22. The maximum Gasteiger partial charge on any atom is 0.437 e. The molecule has 1 aromatic rings. The minimum Gasteiger partial charge on any atom is -0.365 e. The van der Waals surface area contributed by atoms with E-state index < -0.39 is 11.9 Å². The van der Waals surface area contributed by atoms with Gasteiger partial charge in [-0.15, -0.1) is 0 Å². The van der Waals surface area contributed by atoms with Crippen LogP contribution in [0.3, 0.4) is 0 Å². The summed E-state index contributed by atoms with van der Waals surface area (Å²) in [5, 5.41) is 6.56. The van der Waals surface area contributed by atoms with Crippen LogP contribution in [0.1, 0.15) is 5.69 Å². The maximum atomic E-state index is 12.8. The van der Waals surface area contributed by atoms with Gasteiger partial charge in [0, 0.05) is 33.2 Å². The Balaban J connectivity index is 2.43. The van der Waals surface area contributed by atoms with Crippen LogP contribution in [0.25, 0.3) is 0 Å². The van der Waals surface area contributed by atoms with Crippen molar-refractivity contribution in [2.24, 2.45) is 7.05 Å². The Bertz CT molecular complexity index is 409. The van der Waals surface area contributed by atoms with Gasteiger partial charge in [-0.25, -0.2) is 0 Å². The minimum atomic E-state index is -4.48. The number of alkyl halides is 3. The number of anilines is 1. The van der Waals surface area contributed by atoms with E-state index in [0.29, 0.717) is 26.2 Å². The second kappa shape index (κ2) is 4.38.